The monoisotopic (exact) mass is 474 g/mol. The number of hydrogen-bond donors (Lipinski definition) is 1. The van der Waals surface area contributed by atoms with Crippen LogP contribution < -0.4 is 10.2 Å². The number of benzene rings is 1. The van der Waals surface area contributed by atoms with E-state index in [1.54, 1.807) is 12.1 Å². The number of amides is 1. The third-order valence-corrected chi connectivity index (χ3v) is 5.81. The largest absolute Gasteiger partial charge is 0.416 e. The minimum absolute atomic E-state index is 0.0325. The first-order valence-electron chi connectivity index (χ1n) is 8.57. The van der Waals surface area contributed by atoms with E-state index >= 15 is 0 Å². The first-order valence-corrected chi connectivity index (χ1v) is 10.2. The van der Waals surface area contributed by atoms with Gasteiger partial charge in [0.2, 0.25) is 5.91 Å². The Morgan fingerprint density at radius 3 is 2.64 bits per heavy atom. The third-order valence-electron chi connectivity index (χ3n) is 4.22. The normalized spacial score (nSPS) is 15.2. The fraction of sp³-hybridized carbons (Fsp3) is 0.316. The smallest absolute Gasteiger partial charge is 0.378 e. The summed E-state index contributed by atoms with van der Waals surface area (Å²) in [4.78, 5) is 14.7. The molecule has 0 bridgehead atoms. The minimum Gasteiger partial charge on any atom is -0.378 e. The van der Waals surface area contributed by atoms with Crippen LogP contribution in [0.4, 0.5) is 18.9 Å². The summed E-state index contributed by atoms with van der Waals surface area (Å²) < 4.78 is 46.7. The number of hydrogen-bond acceptors (Lipinski definition) is 4. The predicted molar refractivity (Wildman–Crippen MR) is 107 cm³/mol. The highest BCUT2D eigenvalue weighted by Gasteiger charge is 2.34. The van der Waals surface area contributed by atoms with Crippen LogP contribution in [0, 0.1) is 0 Å². The van der Waals surface area contributed by atoms with Crippen LogP contribution in [-0.4, -0.2) is 32.2 Å². The zero-order chi connectivity index (χ0) is 20.1. The van der Waals surface area contributed by atoms with E-state index in [9.17, 15) is 18.0 Å². The number of carbonyl (C=O) groups is 1. The van der Waals surface area contributed by atoms with E-state index in [1.807, 2.05) is 17.0 Å². The summed E-state index contributed by atoms with van der Waals surface area (Å²) >= 11 is 4.78. The Kier molecular flexibility index (Phi) is 6.79. The van der Waals surface area contributed by atoms with Crippen LogP contribution in [0.25, 0.3) is 6.08 Å². The van der Waals surface area contributed by atoms with Crippen molar-refractivity contribution in [3.05, 3.63) is 56.2 Å². The summed E-state index contributed by atoms with van der Waals surface area (Å²) in [5.41, 5.74) is -0.193. The van der Waals surface area contributed by atoms with E-state index in [4.69, 9.17) is 4.74 Å². The quantitative estimate of drug-likeness (QED) is 0.638. The summed E-state index contributed by atoms with van der Waals surface area (Å²) in [6, 6.07) is 7.92. The van der Waals surface area contributed by atoms with Gasteiger partial charge in [-0.25, -0.2) is 0 Å². The molecule has 1 aromatic heterocycles. The van der Waals surface area contributed by atoms with E-state index < -0.39 is 17.6 Å². The minimum atomic E-state index is -4.50. The molecule has 1 aromatic carbocycles. The molecule has 3 rings (SSSR count). The van der Waals surface area contributed by atoms with Crippen LogP contribution in [0.3, 0.4) is 0 Å². The Hall–Kier alpha value is -1.84. The number of anilines is 1. The maximum Gasteiger partial charge on any atom is 0.416 e. The van der Waals surface area contributed by atoms with E-state index in [2.05, 4.69) is 21.2 Å². The number of halogens is 4. The lowest BCUT2D eigenvalue weighted by Gasteiger charge is -2.29. The second-order valence-corrected chi connectivity index (χ2v) is 8.63. The molecule has 1 saturated heterocycles. The van der Waals surface area contributed by atoms with Gasteiger partial charge in [-0.1, -0.05) is 6.07 Å². The van der Waals surface area contributed by atoms with Crippen molar-refractivity contribution < 1.29 is 22.7 Å². The molecule has 1 N–H and O–H groups in total. The average Bonchev–Trinajstić information content (AvgIpc) is 3.10. The number of ether oxygens (including phenoxy) is 1. The Balaban J connectivity index is 1.69. The number of morpholine rings is 1. The average molecular weight is 475 g/mol. The van der Waals surface area contributed by atoms with Crippen molar-refractivity contribution in [2.75, 3.05) is 31.2 Å². The first-order chi connectivity index (χ1) is 13.3. The van der Waals surface area contributed by atoms with Gasteiger partial charge >= 0.3 is 6.18 Å². The Bertz CT molecular complexity index is 861. The lowest BCUT2D eigenvalue weighted by atomic mass is 10.0. The highest BCUT2D eigenvalue weighted by Crippen LogP contribution is 2.35. The molecule has 1 aliphatic heterocycles. The molecule has 0 aliphatic carbocycles. The molecule has 1 aliphatic rings. The van der Waals surface area contributed by atoms with Crippen LogP contribution in [0.1, 0.15) is 16.0 Å². The summed E-state index contributed by atoms with van der Waals surface area (Å²) in [7, 11) is 0. The zero-order valence-corrected chi connectivity index (χ0v) is 17.2. The molecule has 150 valence electrons. The van der Waals surface area contributed by atoms with Crippen molar-refractivity contribution >= 4 is 44.9 Å². The van der Waals surface area contributed by atoms with Crippen LogP contribution in [0.2, 0.25) is 0 Å². The fourth-order valence-electron chi connectivity index (χ4n) is 2.82. The molecule has 1 amide bonds. The number of carbonyl (C=O) groups excluding carboxylic acids is 1. The van der Waals surface area contributed by atoms with Gasteiger partial charge in [-0.15, -0.1) is 11.3 Å². The van der Waals surface area contributed by atoms with E-state index in [0.717, 1.165) is 14.7 Å². The number of nitrogens with one attached hydrogen (secondary N) is 1. The molecule has 0 atom stereocenters. The molecule has 2 aromatic rings. The van der Waals surface area contributed by atoms with Crippen molar-refractivity contribution in [2.45, 2.75) is 12.7 Å². The third kappa shape index (κ3) is 5.59. The highest BCUT2D eigenvalue weighted by atomic mass is 79.9. The van der Waals surface area contributed by atoms with E-state index in [1.165, 1.54) is 23.5 Å². The Morgan fingerprint density at radius 2 is 2.00 bits per heavy atom. The van der Waals surface area contributed by atoms with Crippen molar-refractivity contribution in [3.63, 3.8) is 0 Å². The number of nitrogens with zero attached hydrogens (tertiary/aromatic N) is 1. The van der Waals surface area contributed by atoms with Gasteiger partial charge in [-0.3, -0.25) is 4.79 Å². The fourth-order valence-corrected chi connectivity index (χ4v) is 4.14. The second-order valence-electron chi connectivity index (χ2n) is 6.13. The van der Waals surface area contributed by atoms with Gasteiger partial charge in [0.1, 0.15) is 0 Å². The summed E-state index contributed by atoms with van der Waals surface area (Å²) in [5.74, 6) is -0.449. The molecule has 28 heavy (non-hydrogen) atoms. The first kappa shape index (κ1) is 20.9. The summed E-state index contributed by atoms with van der Waals surface area (Å²) in [6.45, 7) is 1.89. The predicted octanol–water partition coefficient (Wildman–Crippen LogP) is 4.70. The van der Waals surface area contributed by atoms with Gasteiger partial charge < -0.3 is 15.0 Å². The van der Waals surface area contributed by atoms with Crippen molar-refractivity contribution in [2.24, 2.45) is 0 Å². The van der Waals surface area contributed by atoms with E-state index in [-0.39, 0.29) is 12.1 Å². The van der Waals surface area contributed by atoms with Crippen LogP contribution in [0.15, 0.2) is 40.2 Å². The highest BCUT2D eigenvalue weighted by molar-refractivity contribution is 9.11. The lowest BCUT2D eigenvalue weighted by molar-refractivity contribution is -0.138. The summed E-state index contributed by atoms with van der Waals surface area (Å²) in [6.07, 6.45) is -1.56. The molecular weight excluding hydrogens is 457 g/mol. The van der Waals surface area contributed by atoms with Gasteiger partial charge in [0.15, 0.2) is 0 Å². The standard InChI is InChI=1S/C19H18BrF3N2O2S/c20-17-5-3-15(28-17)4-6-18(26)24-12-13-1-2-14(11-16(13)19(21,22)23)25-7-9-27-10-8-25/h1-6,11H,7-10,12H2,(H,24,26)/b6-4+. The number of rotatable bonds is 5. The maximum absolute atomic E-state index is 13.5. The molecule has 1 fully saturated rings. The molecule has 9 heteroatoms. The lowest BCUT2D eigenvalue weighted by Crippen LogP contribution is -2.36. The SMILES string of the molecule is O=C(/C=C/c1ccc(Br)s1)NCc1ccc(N2CCOCC2)cc1C(F)(F)F. The van der Waals surface area contributed by atoms with Crippen molar-refractivity contribution in [1.82, 2.24) is 5.32 Å². The van der Waals surface area contributed by atoms with Crippen LogP contribution in [-0.2, 0) is 22.3 Å². The van der Waals surface area contributed by atoms with Gasteiger partial charge in [0.05, 0.1) is 22.6 Å². The van der Waals surface area contributed by atoms with Crippen LogP contribution >= 0.6 is 27.3 Å². The van der Waals surface area contributed by atoms with Gasteiger partial charge in [0, 0.05) is 36.3 Å². The topological polar surface area (TPSA) is 41.6 Å². The Labute approximate surface area is 173 Å². The Morgan fingerprint density at radius 1 is 1.25 bits per heavy atom. The van der Waals surface area contributed by atoms with Gasteiger partial charge in [-0.2, -0.15) is 13.2 Å². The van der Waals surface area contributed by atoms with Gasteiger partial charge in [0.25, 0.3) is 0 Å². The molecule has 0 spiro atoms. The van der Waals surface area contributed by atoms with E-state index in [0.29, 0.717) is 32.0 Å². The second kappa shape index (κ2) is 9.11. The van der Waals surface area contributed by atoms with Crippen LogP contribution in [0.5, 0.6) is 0 Å². The number of thiophene rings is 1. The van der Waals surface area contributed by atoms with Gasteiger partial charge in [-0.05, 0) is 51.8 Å². The molecular formula is C19H18BrF3N2O2S. The number of alkyl halides is 3. The molecule has 2 heterocycles. The summed E-state index contributed by atoms with van der Waals surface area (Å²) in [5, 5.41) is 2.52. The van der Waals surface area contributed by atoms with Crippen molar-refractivity contribution in [1.29, 1.82) is 0 Å². The molecule has 0 radical (unpaired) electrons. The molecule has 0 unspecified atom stereocenters. The van der Waals surface area contributed by atoms with Crippen molar-refractivity contribution in [3.8, 4) is 0 Å². The molecule has 0 saturated carbocycles. The molecule has 4 nitrogen and oxygen atoms in total. The maximum atomic E-state index is 13.5. The zero-order valence-electron chi connectivity index (χ0n) is 14.8.